The van der Waals surface area contributed by atoms with Crippen LogP contribution in [-0.4, -0.2) is 60.5 Å². The van der Waals surface area contributed by atoms with Crippen LogP contribution in [0.4, 0.5) is 14.4 Å². The molecule has 0 radical (unpaired) electrons. The number of rotatable bonds is 11. The smallest absolute Gasteiger partial charge is 0.480 e. The average Bonchev–Trinajstić information content (AvgIpc) is 2.77. The Morgan fingerprint density at radius 2 is 1.33 bits per heavy atom. The number of hydrogen-bond donors (Lipinski definition) is 2. The molecule has 0 heterocycles. The van der Waals surface area contributed by atoms with Gasteiger partial charge in [-0.25, -0.2) is 14.4 Å². The summed E-state index contributed by atoms with van der Waals surface area (Å²) >= 11 is 0. The number of carboxylic acid groups (broad SMARTS) is 1. The molecular formula is C27H41NO11. The number of benzene rings is 1. The third kappa shape index (κ3) is 11.8. The largest absolute Gasteiger partial charge is 0.514 e. The van der Waals surface area contributed by atoms with Crippen LogP contribution in [0.5, 0.6) is 11.5 Å². The van der Waals surface area contributed by atoms with Crippen LogP contribution in [0.1, 0.15) is 73.8 Å². The van der Waals surface area contributed by atoms with E-state index >= 15 is 0 Å². The topological polar surface area (TPSA) is 170 Å². The fraction of sp³-hybridized carbons (Fsp3) is 0.630. The highest BCUT2D eigenvalue weighted by atomic mass is 16.8. The quantitative estimate of drug-likeness (QED) is 0.207. The molecule has 12 nitrogen and oxygen atoms in total. The maximum Gasteiger partial charge on any atom is 0.514 e. The molecule has 0 spiro atoms. The van der Waals surface area contributed by atoms with E-state index in [0.717, 1.165) is 0 Å². The Labute approximate surface area is 229 Å². The number of nitrogens with two attached hydrogens (primary N) is 1. The summed E-state index contributed by atoms with van der Waals surface area (Å²) in [7, 11) is 0. The number of hydrogen-bond acceptors (Lipinski definition) is 11. The van der Waals surface area contributed by atoms with Crippen LogP contribution in [0.15, 0.2) is 18.2 Å². The predicted octanol–water partition coefficient (Wildman–Crippen LogP) is 5.25. The first-order valence-electron chi connectivity index (χ1n) is 12.6. The maximum absolute atomic E-state index is 12.3. The fourth-order valence-electron chi connectivity index (χ4n) is 3.36. The second-order valence-corrected chi connectivity index (χ2v) is 10.9. The van der Waals surface area contributed by atoms with Gasteiger partial charge in [-0.15, -0.1) is 0 Å². The zero-order valence-electron chi connectivity index (χ0n) is 24.0. The van der Waals surface area contributed by atoms with Gasteiger partial charge in [0.2, 0.25) is 0 Å². The highest BCUT2D eigenvalue weighted by Gasteiger charge is 2.36. The van der Waals surface area contributed by atoms with Crippen molar-refractivity contribution in [3.05, 3.63) is 23.8 Å². The molecule has 0 bridgehead atoms. The Morgan fingerprint density at radius 1 is 0.821 bits per heavy atom. The normalized spacial score (nSPS) is 14.6. The highest BCUT2D eigenvalue weighted by molar-refractivity contribution is 5.75. The summed E-state index contributed by atoms with van der Waals surface area (Å²) in [6.45, 7) is 15.5. The fourth-order valence-corrected chi connectivity index (χ4v) is 3.36. The Balaban J connectivity index is 3.38. The molecule has 1 rings (SSSR count). The molecule has 0 aliphatic rings. The first-order chi connectivity index (χ1) is 17.9. The van der Waals surface area contributed by atoms with E-state index in [1.165, 1.54) is 18.2 Å². The van der Waals surface area contributed by atoms with Gasteiger partial charge in [0.05, 0.1) is 18.8 Å². The van der Waals surface area contributed by atoms with E-state index in [9.17, 15) is 24.3 Å². The molecule has 3 unspecified atom stereocenters. The molecule has 220 valence electrons. The number of carbonyl (C=O) groups is 4. The van der Waals surface area contributed by atoms with Gasteiger partial charge in [0, 0.05) is 11.8 Å². The van der Waals surface area contributed by atoms with Crippen molar-refractivity contribution in [1.82, 2.24) is 0 Å². The monoisotopic (exact) mass is 555 g/mol. The van der Waals surface area contributed by atoms with Gasteiger partial charge in [-0.3, -0.25) is 4.79 Å². The Kier molecular flexibility index (Phi) is 12.5. The molecular weight excluding hydrogens is 514 g/mol. The number of aliphatic carboxylic acids is 1. The van der Waals surface area contributed by atoms with Gasteiger partial charge >= 0.3 is 24.4 Å². The molecule has 4 atom stereocenters. The molecule has 0 aliphatic carbocycles. The Morgan fingerprint density at radius 3 is 1.79 bits per heavy atom. The van der Waals surface area contributed by atoms with Crippen LogP contribution in [0, 0.1) is 11.3 Å². The van der Waals surface area contributed by atoms with Gasteiger partial charge in [0.25, 0.3) is 0 Å². The average molecular weight is 556 g/mol. The minimum atomic E-state index is -1.44. The van der Waals surface area contributed by atoms with Crippen LogP contribution in [0.25, 0.3) is 0 Å². The zero-order valence-corrected chi connectivity index (χ0v) is 24.0. The van der Waals surface area contributed by atoms with Crippen molar-refractivity contribution in [2.45, 2.75) is 92.6 Å². The highest BCUT2D eigenvalue weighted by Crippen LogP contribution is 2.37. The Bertz CT molecular complexity index is 1000. The molecule has 39 heavy (non-hydrogen) atoms. The molecule has 0 fully saturated rings. The van der Waals surface area contributed by atoms with Gasteiger partial charge in [-0.2, -0.15) is 0 Å². The van der Waals surface area contributed by atoms with Crippen LogP contribution < -0.4 is 15.2 Å². The Hall–Kier alpha value is -3.54. The first kappa shape index (κ1) is 33.5. The lowest BCUT2D eigenvalue weighted by molar-refractivity contribution is -0.139. The lowest BCUT2D eigenvalue weighted by Crippen LogP contribution is -2.42. The summed E-state index contributed by atoms with van der Waals surface area (Å²) in [4.78, 5) is 48.5. The van der Waals surface area contributed by atoms with Gasteiger partial charge in [-0.05, 0) is 57.7 Å². The molecule has 1 aromatic carbocycles. The van der Waals surface area contributed by atoms with E-state index in [1.807, 2.05) is 20.8 Å². The predicted molar refractivity (Wildman–Crippen MR) is 140 cm³/mol. The zero-order chi connectivity index (χ0) is 30.1. The van der Waals surface area contributed by atoms with Crippen molar-refractivity contribution in [1.29, 1.82) is 0 Å². The summed E-state index contributed by atoms with van der Waals surface area (Å²) in [5, 5.41) is 9.72. The minimum absolute atomic E-state index is 0.124. The van der Waals surface area contributed by atoms with E-state index in [0.29, 0.717) is 5.56 Å². The van der Waals surface area contributed by atoms with Gasteiger partial charge in [-0.1, -0.05) is 33.8 Å². The van der Waals surface area contributed by atoms with Crippen LogP contribution in [0.2, 0.25) is 0 Å². The molecule has 1 aromatic rings. The number of ether oxygens (including phenoxy) is 6. The van der Waals surface area contributed by atoms with Gasteiger partial charge < -0.3 is 39.3 Å². The third-order valence-corrected chi connectivity index (χ3v) is 5.29. The van der Waals surface area contributed by atoms with E-state index in [1.54, 1.807) is 41.5 Å². The number of carboxylic acids is 1. The van der Waals surface area contributed by atoms with Crippen molar-refractivity contribution in [2.24, 2.45) is 17.1 Å². The lowest BCUT2D eigenvalue weighted by atomic mass is 9.79. The molecule has 0 amide bonds. The second kappa shape index (κ2) is 14.6. The third-order valence-electron chi connectivity index (χ3n) is 5.29. The van der Waals surface area contributed by atoms with Crippen LogP contribution in [0.3, 0.4) is 0 Å². The van der Waals surface area contributed by atoms with Gasteiger partial charge in [0.15, 0.2) is 11.5 Å². The molecule has 0 saturated carbocycles. The summed E-state index contributed by atoms with van der Waals surface area (Å²) < 4.78 is 31.0. The lowest BCUT2D eigenvalue weighted by Gasteiger charge is -2.31. The first-order valence-corrected chi connectivity index (χ1v) is 12.6. The standard InChI is InChI=1S/C27H41NO11/c1-14(2)35-25(32)38-19-11-10-18(12-20(19)39-26(33)36-15(3)4)21(22(28)23(29)30)16(5)17(6)37-24(31)34-13-27(7,8)9/h10-12,14-17,21-22H,13,28H2,1-9H3,(H,29,30)/t16?,17?,21?,22-/m0/s1. The summed E-state index contributed by atoms with van der Waals surface area (Å²) in [6.07, 6.45) is -4.81. The van der Waals surface area contributed by atoms with Crippen molar-refractivity contribution < 1.29 is 52.7 Å². The van der Waals surface area contributed by atoms with Gasteiger partial charge in [0.1, 0.15) is 12.1 Å². The van der Waals surface area contributed by atoms with Crippen molar-refractivity contribution >= 4 is 24.4 Å². The van der Waals surface area contributed by atoms with E-state index in [2.05, 4.69) is 0 Å². The number of carbonyl (C=O) groups excluding carboxylic acids is 3. The maximum atomic E-state index is 12.3. The molecule has 0 saturated heterocycles. The minimum Gasteiger partial charge on any atom is -0.480 e. The van der Waals surface area contributed by atoms with E-state index in [-0.39, 0.29) is 23.5 Å². The van der Waals surface area contributed by atoms with Crippen LogP contribution >= 0.6 is 0 Å². The van der Waals surface area contributed by atoms with Crippen molar-refractivity contribution in [3.8, 4) is 11.5 Å². The van der Waals surface area contributed by atoms with Crippen molar-refractivity contribution in [2.75, 3.05) is 6.61 Å². The molecule has 0 aromatic heterocycles. The molecule has 0 aliphatic heterocycles. The summed E-state index contributed by atoms with van der Waals surface area (Å²) in [5.74, 6) is -3.29. The van der Waals surface area contributed by atoms with Crippen molar-refractivity contribution in [3.63, 3.8) is 0 Å². The van der Waals surface area contributed by atoms with E-state index < -0.39 is 60.6 Å². The van der Waals surface area contributed by atoms with E-state index in [4.69, 9.17) is 34.2 Å². The SMILES string of the molecule is CC(C)OC(=O)Oc1ccc(C(C(C)C(C)OC(=O)OCC(C)(C)C)[C@H](N)C(=O)O)cc1OC(=O)OC(C)C. The summed E-state index contributed by atoms with van der Waals surface area (Å²) in [6, 6.07) is 2.65. The molecule has 3 N–H and O–H groups in total. The second-order valence-electron chi connectivity index (χ2n) is 10.9. The summed E-state index contributed by atoms with van der Waals surface area (Å²) in [5.41, 5.74) is 6.10. The molecule has 12 heteroatoms. The van der Waals surface area contributed by atoms with Crippen LogP contribution in [-0.2, 0) is 23.7 Å².